The van der Waals surface area contributed by atoms with Gasteiger partial charge in [0.15, 0.2) is 0 Å². The molecule has 2 aliphatic rings. The fraction of sp³-hybridized carbons (Fsp3) is 0.500. The average molecular weight is 206 g/mol. The molecule has 80 valence electrons. The van der Waals surface area contributed by atoms with E-state index in [1.807, 2.05) is 12.1 Å². The minimum absolute atomic E-state index is 0.170. The van der Waals surface area contributed by atoms with E-state index in [2.05, 4.69) is 10.6 Å². The van der Waals surface area contributed by atoms with Gasteiger partial charge in [-0.2, -0.15) is 0 Å². The normalized spacial score (nSPS) is 33.3. The van der Waals surface area contributed by atoms with Gasteiger partial charge in [-0.15, -0.1) is 0 Å². The molecule has 0 radical (unpaired) electrons. The van der Waals surface area contributed by atoms with Gasteiger partial charge in [-0.1, -0.05) is 0 Å². The highest BCUT2D eigenvalue weighted by atomic mass is 19.1. The van der Waals surface area contributed by atoms with E-state index in [1.54, 1.807) is 0 Å². The van der Waals surface area contributed by atoms with Crippen molar-refractivity contribution in [1.82, 2.24) is 5.32 Å². The Morgan fingerprint density at radius 2 is 1.80 bits per heavy atom. The molecule has 0 aromatic heterocycles. The van der Waals surface area contributed by atoms with Gasteiger partial charge in [0.2, 0.25) is 0 Å². The van der Waals surface area contributed by atoms with Gasteiger partial charge >= 0.3 is 0 Å². The highest BCUT2D eigenvalue weighted by Gasteiger charge is 2.43. The zero-order chi connectivity index (χ0) is 10.3. The molecule has 2 nitrogen and oxygen atoms in total. The van der Waals surface area contributed by atoms with Crippen molar-refractivity contribution in [1.29, 1.82) is 0 Å². The van der Waals surface area contributed by atoms with E-state index in [1.165, 1.54) is 18.6 Å². The first-order valence-electron chi connectivity index (χ1n) is 5.56. The van der Waals surface area contributed by atoms with Gasteiger partial charge in [0.05, 0.1) is 0 Å². The number of hydrogen-bond acceptors (Lipinski definition) is 2. The average Bonchev–Trinajstić information content (AvgIpc) is 2.29. The second-order valence-electron chi connectivity index (χ2n) is 4.59. The van der Waals surface area contributed by atoms with Crippen molar-refractivity contribution < 1.29 is 4.39 Å². The van der Waals surface area contributed by atoms with Crippen LogP contribution < -0.4 is 10.6 Å². The Kier molecular flexibility index (Phi) is 2.13. The minimum atomic E-state index is -0.170. The monoisotopic (exact) mass is 206 g/mol. The molecule has 0 amide bonds. The molecule has 1 unspecified atom stereocenters. The van der Waals surface area contributed by atoms with E-state index in [0.717, 1.165) is 30.6 Å². The topological polar surface area (TPSA) is 24.1 Å². The molecule has 3 atom stereocenters. The Balaban J connectivity index is 1.68. The van der Waals surface area contributed by atoms with Gasteiger partial charge in [0.25, 0.3) is 0 Å². The molecule has 3 heteroatoms. The minimum Gasteiger partial charge on any atom is -0.382 e. The number of piperidine rings is 2. The molecule has 1 aliphatic heterocycles. The Morgan fingerprint density at radius 3 is 2.40 bits per heavy atom. The van der Waals surface area contributed by atoms with E-state index >= 15 is 0 Å². The Bertz CT molecular complexity index is 335. The largest absolute Gasteiger partial charge is 0.382 e. The molecule has 1 heterocycles. The first kappa shape index (κ1) is 9.16. The zero-order valence-corrected chi connectivity index (χ0v) is 8.54. The number of halogens is 1. The number of benzene rings is 1. The summed E-state index contributed by atoms with van der Waals surface area (Å²) in [5, 5.41) is 6.91. The highest BCUT2D eigenvalue weighted by Crippen LogP contribution is 2.38. The Hall–Kier alpha value is -1.09. The van der Waals surface area contributed by atoms with Crippen molar-refractivity contribution in [2.75, 3.05) is 18.4 Å². The van der Waals surface area contributed by atoms with Crippen LogP contribution in [-0.4, -0.2) is 19.1 Å². The van der Waals surface area contributed by atoms with Crippen molar-refractivity contribution in [3.05, 3.63) is 30.1 Å². The number of anilines is 1. The van der Waals surface area contributed by atoms with Crippen LogP contribution in [0.5, 0.6) is 0 Å². The third-order valence-electron chi connectivity index (χ3n) is 3.61. The second kappa shape index (κ2) is 3.49. The Morgan fingerprint density at radius 1 is 1.13 bits per heavy atom. The first-order valence-corrected chi connectivity index (χ1v) is 5.56. The molecule has 3 rings (SSSR count). The van der Waals surface area contributed by atoms with E-state index < -0.39 is 0 Å². The lowest BCUT2D eigenvalue weighted by Gasteiger charge is -2.50. The van der Waals surface area contributed by atoms with E-state index in [-0.39, 0.29) is 5.82 Å². The van der Waals surface area contributed by atoms with Crippen LogP contribution in [0.2, 0.25) is 0 Å². The lowest BCUT2D eigenvalue weighted by atomic mass is 9.67. The van der Waals surface area contributed by atoms with Crippen LogP contribution >= 0.6 is 0 Å². The van der Waals surface area contributed by atoms with Crippen molar-refractivity contribution in [3.63, 3.8) is 0 Å². The van der Waals surface area contributed by atoms with Crippen molar-refractivity contribution >= 4 is 5.69 Å². The molecule has 2 N–H and O–H groups in total. The summed E-state index contributed by atoms with van der Waals surface area (Å²) in [5.74, 6) is 1.35. The predicted molar refractivity (Wildman–Crippen MR) is 58.3 cm³/mol. The molecule has 2 bridgehead atoms. The summed E-state index contributed by atoms with van der Waals surface area (Å²) >= 11 is 0. The molecule has 15 heavy (non-hydrogen) atoms. The third-order valence-corrected chi connectivity index (χ3v) is 3.61. The number of fused-ring (bicyclic) bond motifs is 2. The van der Waals surface area contributed by atoms with Crippen molar-refractivity contribution in [3.8, 4) is 0 Å². The van der Waals surface area contributed by atoms with Crippen LogP contribution in [0.15, 0.2) is 24.3 Å². The maximum absolute atomic E-state index is 12.7. The third kappa shape index (κ3) is 1.61. The molecule has 1 aliphatic carbocycles. The predicted octanol–water partition coefficient (Wildman–Crippen LogP) is 1.85. The lowest BCUT2D eigenvalue weighted by Crippen LogP contribution is -2.59. The summed E-state index contributed by atoms with van der Waals surface area (Å²) in [5.41, 5.74) is 1.04. The molecular weight excluding hydrogens is 191 g/mol. The van der Waals surface area contributed by atoms with Gasteiger partial charge < -0.3 is 10.6 Å². The van der Waals surface area contributed by atoms with Crippen LogP contribution in [0.4, 0.5) is 10.1 Å². The smallest absolute Gasteiger partial charge is 0.123 e. The van der Waals surface area contributed by atoms with Crippen molar-refractivity contribution in [2.24, 2.45) is 11.8 Å². The molecule has 1 aromatic rings. The number of rotatable bonds is 2. The quantitative estimate of drug-likeness (QED) is 0.771. The van der Waals surface area contributed by atoms with E-state index in [4.69, 9.17) is 0 Å². The maximum atomic E-state index is 12.7. The molecule has 1 saturated carbocycles. The molecule has 2 fully saturated rings. The van der Waals surface area contributed by atoms with Crippen LogP contribution in [0.1, 0.15) is 6.42 Å². The van der Waals surface area contributed by atoms with Crippen LogP contribution in [0.3, 0.4) is 0 Å². The summed E-state index contributed by atoms with van der Waals surface area (Å²) in [6.07, 6.45) is 1.34. The highest BCUT2D eigenvalue weighted by molar-refractivity contribution is 5.45. The van der Waals surface area contributed by atoms with Gasteiger partial charge in [0, 0.05) is 11.7 Å². The SMILES string of the molecule is Fc1ccc(NC2[C@@H]3CNC[C@H]2C3)cc1. The molecular formula is C12H15FN2. The summed E-state index contributed by atoms with van der Waals surface area (Å²) in [6.45, 7) is 2.24. The van der Waals surface area contributed by atoms with Gasteiger partial charge in [-0.3, -0.25) is 0 Å². The van der Waals surface area contributed by atoms with E-state index in [0.29, 0.717) is 6.04 Å². The number of nitrogens with one attached hydrogen (secondary N) is 2. The van der Waals surface area contributed by atoms with Gasteiger partial charge in [-0.25, -0.2) is 4.39 Å². The lowest BCUT2D eigenvalue weighted by molar-refractivity contribution is 0.110. The van der Waals surface area contributed by atoms with Crippen LogP contribution in [0, 0.1) is 17.7 Å². The maximum Gasteiger partial charge on any atom is 0.123 e. The van der Waals surface area contributed by atoms with Crippen LogP contribution in [-0.2, 0) is 0 Å². The fourth-order valence-electron chi connectivity index (χ4n) is 2.72. The Labute approximate surface area is 88.9 Å². The molecule has 1 aromatic carbocycles. The van der Waals surface area contributed by atoms with Gasteiger partial charge in [-0.05, 0) is 55.6 Å². The van der Waals surface area contributed by atoms with E-state index in [9.17, 15) is 4.39 Å². The summed E-state index contributed by atoms with van der Waals surface area (Å²) in [6, 6.07) is 7.24. The first-order chi connectivity index (χ1) is 7.33. The number of hydrogen-bond donors (Lipinski definition) is 2. The molecule has 0 spiro atoms. The summed E-state index contributed by atoms with van der Waals surface area (Å²) in [7, 11) is 0. The van der Waals surface area contributed by atoms with Gasteiger partial charge in [0.1, 0.15) is 5.82 Å². The van der Waals surface area contributed by atoms with Crippen LogP contribution in [0.25, 0.3) is 0 Å². The second-order valence-corrected chi connectivity index (χ2v) is 4.59. The summed E-state index contributed by atoms with van der Waals surface area (Å²) in [4.78, 5) is 0. The zero-order valence-electron chi connectivity index (χ0n) is 8.54. The summed E-state index contributed by atoms with van der Waals surface area (Å²) < 4.78 is 12.7. The fourth-order valence-corrected chi connectivity index (χ4v) is 2.72. The molecule has 1 saturated heterocycles. The standard InChI is InChI=1S/C12H15FN2/c13-10-1-3-11(4-2-10)15-12-8-5-9(12)7-14-6-8/h1-4,8-9,12,14-15H,5-7H2/t8-,9+,12?. The van der Waals surface area contributed by atoms with Crippen molar-refractivity contribution in [2.45, 2.75) is 12.5 Å².